The van der Waals surface area contributed by atoms with Gasteiger partial charge in [-0.05, 0) is 24.3 Å². The minimum atomic E-state index is 0.566. The highest BCUT2D eigenvalue weighted by Crippen LogP contribution is 2.34. The number of benzene rings is 2. The molecule has 6 heteroatoms. The molecule has 1 aliphatic heterocycles. The maximum atomic E-state index is 8.86. The highest BCUT2D eigenvalue weighted by atomic mass is 32.1. The molecular formula is C18H13N3O2S. The van der Waals surface area contributed by atoms with Crippen molar-refractivity contribution >= 4 is 22.2 Å². The molecule has 0 aliphatic carbocycles. The van der Waals surface area contributed by atoms with Gasteiger partial charge in [-0.15, -0.1) is 11.3 Å². The smallest absolute Gasteiger partial charge is 0.187 e. The molecule has 1 aromatic heterocycles. The molecule has 5 nitrogen and oxygen atoms in total. The van der Waals surface area contributed by atoms with Crippen LogP contribution in [0, 0.1) is 11.3 Å². The molecule has 1 N–H and O–H groups in total. The maximum Gasteiger partial charge on any atom is 0.187 e. The highest BCUT2D eigenvalue weighted by Gasteiger charge is 2.12. The van der Waals surface area contributed by atoms with Crippen LogP contribution in [0.5, 0.6) is 11.5 Å². The minimum absolute atomic E-state index is 0.566. The lowest BCUT2D eigenvalue weighted by Crippen LogP contribution is -2.15. The zero-order valence-electron chi connectivity index (χ0n) is 12.7. The Bertz CT molecular complexity index is 913. The summed E-state index contributed by atoms with van der Waals surface area (Å²) >= 11 is 1.53. The van der Waals surface area contributed by atoms with Gasteiger partial charge in [0.2, 0.25) is 0 Å². The predicted molar refractivity (Wildman–Crippen MR) is 93.0 cm³/mol. The molecule has 0 saturated carbocycles. The van der Waals surface area contributed by atoms with Gasteiger partial charge in [0.1, 0.15) is 13.2 Å². The van der Waals surface area contributed by atoms with Crippen molar-refractivity contribution in [2.45, 2.75) is 0 Å². The second-order valence-corrected chi connectivity index (χ2v) is 6.07. The van der Waals surface area contributed by atoms with E-state index in [4.69, 9.17) is 14.7 Å². The van der Waals surface area contributed by atoms with Gasteiger partial charge in [-0.25, -0.2) is 4.98 Å². The monoisotopic (exact) mass is 335 g/mol. The first-order chi connectivity index (χ1) is 11.8. The zero-order chi connectivity index (χ0) is 16.4. The molecule has 0 saturated heterocycles. The third-order valence-electron chi connectivity index (χ3n) is 3.61. The van der Waals surface area contributed by atoms with Crippen molar-refractivity contribution in [1.82, 2.24) is 4.98 Å². The van der Waals surface area contributed by atoms with E-state index in [1.165, 1.54) is 11.3 Å². The number of nitriles is 1. The number of nitrogens with one attached hydrogen (secondary N) is 1. The summed E-state index contributed by atoms with van der Waals surface area (Å²) < 4.78 is 11.1. The molecule has 1 aliphatic rings. The quantitative estimate of drug-likeness (QED) is 0.777. The lowest BCUT2D eigenvalue weighted by atomic mass is 10.1. The van der Waals surface area contributed by atoms with Crippen molar-refractivity contribution in [2.24, 2.45) is 0 Å². The van der Waals surface area contributed by atoms with E-state index in [1.54, 1.807) is 12.1 Å². The molecule has 0 amide bonds. The van der Waals surface area contributed by atoms with Gasteiger partial charge in [0.15, 0.2) is 16.6 Å². The van der Waals surface area contributed by atoms with Gasteiger partial charge in [0.25, 0.3) is 0 Å². The Morgan fingerprint density at radius 3 is 2.62 bits per heavy atom. The molecular weight excluding hydrogens is 322 g/mol. The van der Waals surface area contributed by atoms with E-state index in [1.807, 2.05) is 35.7 Å². The Labute approximate surface area is 143 Å². The third kappa shape index (κ3) is 2.90. The molecule has 0 fully saturated rings. The van der Waals surface area contributed by atoms with E-state index in [-0.39, 0.29) is 0 Å². The maximum absolute atomic E-state index is 8.86. The highest BCUT2D eigenvalue weighted by molar-refractivity contribution is 7.14. The van der Waals surface area contributed by atoms with Crippen molar-refractivity contribution in [3.8, 4) is 28.8 Å². The van der Waals surface area contributed by atoms with Gasteiger partial charge in [-0.3, -0.25) is 0 Å². The zero-order valence-corrected chi connectivity index (χ0v) is 13.5. The van der Waals surface area contributed by atoms with Gasteiger partial charge >= 0.3 is 0 Å². The topological polar surface area (TPSA) is 67.2 Å². The van der Waals surface area contributed by atoms with E-state index < -0.39 is 0 Å². The van der Waals surface area contributed by atoms with Gasteiger partial charge < -0.3 is 14.8 Å². The molecule has 0 spiro atoms. The number of nitrogens with zero attached hydrogens (tertiary/aromatic N) is 2. The fraction of sp³-hybridized carbons (Fsp3) is 0.111. The molecule has 2 heterocycles. The summed E-state index contributed by atoms with van der Waals surface area (Å²) in [7, 11) is 0. The number of hydrogen-bond donors (Lipinski definition) is 1. The number of hydrogen-bond acceptors (Lipinski definition) is 6. The summed E-state index contributed by atoms with van der Waals surface area (Å²) in [5.74, 6) is 1.51. The molecule has 0 unspecified atom stereocenters. The SMILES string of the molecule is N#Cc1ccc(-c2csc(Nc3ccc4c(c3)OCCO4)n2)cc1. The van der Waals surface area contributed by atoms with Crippen molar-refractivity contribution in [3.05, 3.63) is 53.4 Å². The Hall–Kier alpha value is -3.04. The first kappa shape index (κ1) is 14.5. The van der Waals surface area contributed by atoms with E-state index >= 15 is 0 Å². The number of fused-ring (bicyclic) bond motifs is 1. The average molecular weight is 335 g/mol. The van der Waals surface area contributed by atoms with Crippen molar-refractivity contribution in [2.75, 3.05) is 18.5 Å². The first-order valence-electron chi connectivity index (χ1n) is 7.44. The Morgan fingerprint density at radius 1 is 1.04 bits per heavy atom. The fourth-order valence-electron chi connectivity index (χ4n) is 2.42. The third-order valence-corrected chi connectivity index (χ3v) is 4.37. The summed E-state index contributed by atoms with van der Waals surface area (Å²) in [6, 6.07) is 15.3. The van der Waals surface area contributed by atoms with Crippen molar-refractivity contribution in [1.29, 1.82) is 5.26 Å². The first-order valence-corrected chi connectivity index (χ1v) is 8.32. The Kier molecular flexibility index (Phi) is 3.77. The second kappa shape index (κ2) is 6.22. The number of thiazole rings is 1. The lowest BCUT2D eigenvalue weighted by Gasteiger charge is -2.18. The van der Waals surface area contributed by atoms with E-state index in [0.717, 1.165) is 33.6 Å². The van der Waals surface area contributed by atoms with Crippen LogP contribution in [0.1, 0.15) is 5.56 Å². The van der Waals surface area contributed by atoms with Crippen LogP contribution in [0.15, 0.2) is 47.8 Å². The summed E-state index contributed by atoms with van der Waals surface area (Å²) in [5.41, 5.74) is 3.41. The summed E-state index contributed by atoms with van der Waals surface area (Å²) in [6.45, 7) is 1.15. The molecule has 4 rings (SSSR count). The van der Waals surface area contributed by atoms with E-state index in [9.17, 15) is 0 Å². The molecule has 118 valence electrons. The van der Waals surface area contributed by atoms with Crippen LogP contribution in [0.4, 0.5) is 10.8 Å². The van der Waals surface area contributed by atoms with E-state index in [2.05, 4.69) is 16.4 Å². The van der Waals surface area contributed by atoms with Crippen LogP contribution in [0.25, 0.3) is 11.3 Å². The Balaban J connectivity index is 1.53. The van der Waals surface area contributed by atoms with Crippen LogP contribution >= 0.6 is 11.3 Å². The number of ether oxygens (including phenoxy) is 2. The van der Waals surface area contributed by atoms with Crippen LogP contribution in [0.2, 0.25) is 0 Å². The number of rotatable bonds is 3. The molecule has 24 heavy (non-hydrogen) atoms. The van der Waals surface area contributed by atoms with Crippen LogP contribution in [-0.2, 0) is 0 Å². The summed E-state index contributed by atoms with van der Waals surface area (Å²) in [4.78, 5) is 4.60. The van der Waals surface area contributed by atoms with Crippen LogP contribution < -0.4 is 14.8 Å². The van der Waals surface area contributed by atoms with Crippen LogP contribution in [0.3, 0.4) is 0 Å². The average Bonchev–Trinajstić information content (AvgIpc) is 3.10. The second-order valence-electron chi connectivity index (χ2n) is 5.21. The lowest BCUT2D eigenvalue weighted by molar-refractivity contribution is 0.171. The Morgan fingerprint density at radius 2 is 1.83 bits per heavy atom. The van der Waals surface area contributed by atoms with Crippen molar-refractivity contribution in [3.63, 3.8) is 0 Å². The molecule has 0 atom stereocenters. The van der Waals surface area contributed by atoms with Gasteiger partial charge in [-0.2, -0.15) is 5.26 Å². The standard InChI is InChI=1S/C18H13N3O2S/c19-10-12-1-3-13(4-2-12)15-11-24-18(21-15)20-14-5-6-16-17(9-14)23-8-7-22-16/h1-6,9,11H,7-8H2,(H,20,21). The van der Waals surface area contributed by atoms with Gasteiger partial charge in [0, 0.05) is 22.7 Å². The number of aromatic nitrogens is 1. The minimum Gasteiger partial charge on any atom is -0.486 e. The van der Waals surface area contributed by atoms with Crippen LogP contribution in [-0.4, -0.2) is 18.2 Å². The summed E-state index contributed by atoms with van der Waals surface area (Å²) in [6.07, 6.45) is 0. The molecule has 3 aromatic rings. The molecule has 0 bridgehead atoms. The largest absolute Gasteiger partial charge is 0.486 e. The molecule has 2 aromatic carbocycles. The molecule has 0 radical (unpaired) electrons. The fourth-order valence-corrected chi connectivity index (χ4v) is 3.16. The van der Waals surface area contributed by atoms with E-state index in [0.29, 0.717) is 18.8 Å². The predicted octanol–water partition coefficient (Wildman–Crippen LogP) is 4.20. The summed E-state index contributed by atoms with van der Waals surface area (Å²) in [5, 5.41) is 14.9. The van der Waals surface area contributed by atoms with Gasteiger partial charge in [0.05, 0.1) is 17.3 Å². The van der Waals surface area contributed by atoms with Crippen molar-refractivity contribution < 1.29 is 9.47 Å². The normalized spacial score (nSPS) is 12.5. The number of anilines is 2. The van der Waals surface area contributed by atoms with Gasteiger partial charge in [-0.1, -0.05) is 12.1 Å².